The fourth-order valence-electron chi connectivity index (χ4n) is 4.90. The van der Waals surface area contributed by atoms with E-state index < -0.39 is 0 Å². The van der Waals surface area contributed by atoms with Gasteiger partial charge in [-0.05, 0) is 77.3 Å². The van der Waals surface area contributed by atoms with Crippen LogP contribution in [0.4, 0.5) is 0 Å². The van der Waals surface area contributed by atoms with Gasteiger partial charge in [-0.3, -0.25) is 14.4 Å². The summed E-state index contributed by atoms with van der Waals surface area (Å²) < 4.78 is 0. The minimum Gasteiger partial charge on any atom is -0.335 e. The highest BCUT2D eigenvalue weighted by atomic mass is 16.2. The second-order valence-electron chi connectivity index (χ2n) is 11.1. The van der Waals surface area contributed by atoms with Crippen molar-refractivity contribution in [2.75, 3.05) is 26.2 Å². The molecule has 1 amide bonds. The molecule has 0 saturated heterocycles. The summed E-state index contributed by atoms with van der Waals surface area (Å²) in [6.07, 6.45) is 25.6. The molecular formula is C32H61N3O3. The van der Waals surface area contributed by atoms with Crippen molar-refractivity contribution in [3.05, 3.63) is 12.2 Å². The number of carbonyl (C=O) groups is 3. The zero-order valence-corrected chi connectivity index (χ0v) is 25.0. The molecule has 38 heavy (non-hydrogen) atoms. The molecule has 0 aliphatic rings. The summed E-state index contributed by atoms with van der Waals surface area (Å²) in [5, 5.41) is 0. The zero-order chi connectivity index (χ0) is 28.3. The van der Waals surface area contributed by atoms with E-state index in [1.165, 1.54) is 77.6 Å². The second-order valence-corrected chi connectivity index (χ2v) is 11.1. The van der Waals surface area contributed by atoms with Crippen LogP contribution >= 0.6 is 0 Å². The molecule has 0 unspecified atom stereocenters. The van der Waals surface area contributed by atoms with Gasteiger partial charge in [-0.25, -0.2) is 0 Å². The van der Waals surface area contributed by atoms with E-state index in [0.29, 0.717) is 45.3 Å². The lowest BCUT2D eigenvalue weighted by Crippen LogP contribution is -2.39. The van der Waals surface area contributed by atoms with Crippen molar-refractivity contribution < 1.29 is 14.4 Å². The van der Waals surface area contributed by atoms with E-state index in [9.17, 15) is 14.4 Å². The van der Waals surface area contributed by atoms with Crippen LogP contribution in [0.15, 0.2) is 12.2 Å². The maximum atomic E-state index is 12.7. The van der Waals surface area contributed by atoms with Crippen molar-refractivity contribution >= 4 is 17.5 Å². The second kappa shape index (κ2) is 27.1. The minimum atomic E-state index is -0.0424. The molecule has 0 aliphatic carbocycles. The highest BCUT2D eigenvalue weighted by molar-refractivity contribution is 5.84. The maximum absolute atomic E-state index is 12.7. The van der Waals surface area contributed by atoms with Crippen LogP contribution in [0.25, 0.3) is 0 Å². The number of nitrogens with two attached hydrogens (primary N) is 2. The van der Waals surface area contributed by atoms with E-state index >= 15 is 0 Å². The van der Waals surface area contributed by atoms with E-state index in [-0.39, 0.29) is 29.9 Å². The molecule has 0 spiro atoms. The number of rotatable bonds is 28. The number of allylic oxidation sites excluding steroid dienone is 2. The molecule has 0 heterocycles. The van der Waals surface area contributed by atoms with Crippen molar-refractivity contribution in [2.45, 2.75) is 142 Å². The Morgan fingerprint density at radius 1 is 0.711 bits per heavy atom. The Labute approximate surface area is 234 Å². The van der Waals surface area contributed by atoms with Crippen molar-refractivity contribution in [3.63, 3.8) is 0 Å². The van der Waals surface area contributed by atoms with Crippen molar-refractivity contribution in [2.24, 2.45) is 17.4 Å². The van der Waals surface area contributed by atoms with E-state index in [2.05, 4.69) is 19.1 Å². The number of amides is 1. The summed E-state index contributed by atoms with van der Waals surface area (Å²) >= 11 is 0. The highest BCUT2D eigenvalue weighted by Gasteiger charge is 2.22. The number of hydrogen-bond donors (Lipinski definition) is 2. The molecule has 222 valence electrons. The Morgan fingerprint density at radius 3 is 1.87 bits per heavy atom. The van der Waals surface area contributed by atoms with Gasteiger partial charge < -0.3 is 16.4 Å². The molecule has 0 aliphatic heterocycles. The molecule has 4 N–H and O–H groups in total. The normalized spacial score (nSPS) is 12.2. The first kappa shape index (κ1) is 36.5. The largest absolute Gasteiger partial charge is 0.335 e. The first-order valence-electron chi connectivity index (χ1n) is 15.8. The van der Waals surface area contributed by atoms with Gasteiger partial charge in [-0.15, -0.1) is 0 Å². The van der Waals surface area contributed by atoms with Crippen LogP contribution in [0.5, 0.6) is 0 Å². The van der Waals surface area contributed by atoms with Crippen LogP contribution in [-0.2, 0) is 14.4 Å². The Bertz CT molecular complexity index is 621. The predicted octanol–water partition coefficient (Wildman–Crippen LogP) is 6.88. The van der Waals surface area contributed by atoms with E-state index in [1.54, 1.807) is 4.90 Å². The van der Waals surface area contributed by atoms with Crippen LogP contribution in [0, 0.1) is 5.92 Å². The van der Waals surface area contributed by atoms with Gasteiger partial charge >= 0.3 is 0 Å². The van der Waals surface area contributed by atoms with Gasteiger partial charge in [-0.2, -0.15) is 0 Å². The molecule has 0 aromatic heterocycles. The average Bonchev–Trinajstić information content (AvgIpc) is 2.88. The summed E-state index contributed by atoms with van der Waals surface area (Å²) in [6, 6.07) is 0. The number of unbranched alkanes of at least 4 members (excludes halogenated alkanes) is 12. The first-order chi connectivity index (χ1) is 18.4. The molecular weight excluding hydrogens is 474 g/mol. The average molecular weight is 536 g/mol. The van der Waals surface area contributed by atoms with Crippen LogP contribution in [0.2, 0.25) is 0 Å². The lowest BCUT2D eigenvalue weighted by molar-refractivity contribution is -0.136. The first-order valence-corrected chi connectivity index (χ1v) is 15.8. The summed E-state index contributed by atoms with van der Waals surface area (Å²) in [5.41, 5.74) is 11.2. The Hall–Kier alpha value is -1.53. The monoisotopic (exact) mass is 535 g/mol. The standard InChI is InChI=1S/C32H61N3O3/c1-3-4-5-6-7-8-9-10-11-12-13-14-15-16-17-22-31(37)26-30(21-18-19-24-33)28-35(27-29(2)36)32(38)23-20-25-34/h10-11,30H,3-9,12-28,33-34H2,1-2H3/b11-10-/t30-/m1/s1. The fraction of sp³-hybridized carbons (Fsp3) is 0.844. The topological polar surface area (TPSA) is 106 Å². The number of ketones is 2. The molecule has 0 bridgehead atoms. The van der Waals surface area contributed by atoms with Crippen molar-refractivity contribution in [1.82, 2.24) is 4.90 Å². The third-order valence-electron chi connectivity index (χ3n) is 7.14. The number of Topliss-reactive ketones (excluding diaryl/α,β-unsaturated/α-hetero) is 2. The number of nitrogens with zero attached hydrogens (tertiary/aromatic N) is 1. The molecule has 0 aromatic carbocycles. The predicted molar refractivity (Wildman–Crippen MR) is 161 cm³/mol. The minimum absolute atomic E-state index is 0.0357. The Balaban J connectivity index is 4.22. The van der Waals surface area contributed by atoms with Crippen LogP contribution in [-0.4, -0.2) is 48.6 Å². The molecule has 6 nitrogen and oxygen atoms in total. The van der Waals surface area contributed by atoms with Gasteiger partial charge in [0.1, 0.15) is 11.6 Å². The summed E-state index contributed by atoms with van der Waals surface area (Å²) in [5.74, 6) is 0.279. The quantitative estimate of drug-likeness (QED) is 0.0838. The fourth-order valence-corrected chi connectivity index (χ4v) is 4.90. The Kier molecular flexibility index (Phi) is 26.0. The van der Waals surface area contributed by atoms with Crippen LogP contribution < -0.4 is 11.5 Å². The molecule has 0 rings (SSSR count). The third kappa shape index (κ3) is 23.6. The molecule has 1 atom stereocenters. The lowest BCUT2D eigenvalue weighted by Gasteiger charge is -2.27. The summed E-state index contributed by atoms with van der Waals surface area (Å²) in [7, 11) is 0. The van der Waals surface area contributed by atoms with Crippen LogP contribution in [0.1, 0.15) is 142 Å². The van der Waals surface area contributed by atoms with E-state index in [1.807, 2.05) is 0 Å². The molecule has 6 heteroatoms. The number of hydrogen-bond acceptors (Lipinski definition) is 5. The van der Waals surface area contributed by atoms with Gasteiger partial charge in [0.25, 0.3) is 0 Å². The maximum Gasteiger partial charge on any atom is 0.223 e. The zero-order valence-electron chi connectivity index (χ0n) is 25.0. The molecule has 0 aromatic rings. The van der Waals surface area contributed by atoms with Gasteiger partial charge in [-0.1, -0.05) is 76.9 Å². The SMILES string of the molecule is CCCCCCCC/C=C\CCCCCCCC(=O)C[C@@H](CCCCN)CN(CC(C)=O)C(=O)CCCN. The lowest BCUT2D eigenvalue weighted by atomic mass is 9.93. The Morgan fingerprint density at radius 2 is 1.29 bits per heavy atom. The summed E-state index contributed by atoms with van der Waals surface area (Å²) in [4.78, 5) is 38.8. The van der Waals surface area contributed by atoms with Crippen molar-refractivity contribution in [1.29, 1.82) is 0 Å². The van der Waals surface area contributed by atoms with Gasteiger partial charge in [0.2, 0.25) is 5.91 Å². The van der Waals surface area contributed by atoms with Gasteiger partial charge in [0.15, 0.2) is 0 Å². The van der Waals surface area contributed by atoms with Gasteiger partial charge in [0.05, 0.1) is 6.54 Å². The number of carbonyl (C=O) groups excluding carboxylic acids is 3. The molecule has 0 saturated carbocycles. The van der Waals surface area contributed by atoms with Crippen LogP contribution in [0.3, 0.4) is 0 Å². The summed E-state index contributed by atoms with van der Waals surface area (Å²) in [6.45, 7) is 5.42. The third-order valence-corrected chi connectivity index (χ3v) is 7.14. The molecule has 0 fully saturated rings. The highest BCUT2D eigenvalue weighted by Crippen LogP contribution is 2.19. The van der Waals surface area contributed by atoms with E-state index in [4.69, 9.17) is 11.5 Å². The smallest absolute Gasteiger partial charge is 0.223 e. The van der Waals surface area contributed by atoms with Crippen molar-refractivity contribution in [3.8, 4) is 0 Å². The molecule has 0 radical (unpaired) electrons. The van der Waals surface area contributed by atoms with E-state index in [0.717, 1.165) is 32.1 Å². The van der Waals surface area contributed by atoms with Gasteiger partial charge in [0, 0.05) is 25.8 Å².